The second-order valence-electron chi connectivity index (χ2n) is 5.66. The molecule has 0 unspecified atom stereocenters. The van der Waals surface area contributed by atoms with Crippen molar-refractivity contribution < 1.29 is 4.79 Å². The van der Waals surface area contributed by atoms with Crippen LogP contribution < -0.4 is 10.6 Å². The van der Waals surface area contributed by atoms with Crippen LogP contribution in [0.5, 0.6) is 0 Å². The average Bonchev–Trinajstić information content (AvgIpc) is 3.05. The number of amides is 1. The van der Waals surface area contributed by atoms with Gasteiger partial charge in [0.2, 0.25) is 0 Å². The summed E-state index contributed by atoms with van der Waals surface area (Å²) in [4.78, 5) is 13.2. The molecule has 21 heavy (non-hydrogen) atoms. The second kappa shape index (κ2) is 4.15. The largest absolute Gasteiger partial charge is 0.357 e. The molecule has 2 aliphatic heterocycles. The second-order valence-corrected chi connectivity index (χ2v) is 6.10. The lowest BCUT2D eigenvalue weighted by Gasteiger charge is -2.38. The van der Waals surface area contributed by atoms with Crippen LogP contribution in [0.1, 0.15) is 24.8 Å². The minimum absolute atomic E-state index is 0.0863. The highest BCUT2D eigenvalue weighted by Gasteiger charge is 2.55. The number of fused-ring (bicyclic) bond motifs is 3. The molecule has 1 aliphatic carbocycles. The summed E-state index contributed by atoms with van der Waals surface area (Å²) in [5, 5.41) is 15.5. The molecule has 1 amide bonds. The standard InChI is InChI=1S/C16H13N3OS/c17-8-10-9-4-3-6-11(9)16(19-14(10)21)12-5-1-2-7-13(12)18-15(16)20/h1-2,5,7,10H,3-4,6H2,(H,18,20)(H,19,21)/t10-,16+/m0/s1. The fourth-order valence-electron chi connectivity index (χ4n) is 3.82. The van der Waals surface area contributed by atoms with Gasteiger partial charge < -0.3 is 10.6 Å². The molecule has 0 aromatic heterocycles. The molecule has 0 saturated carbocycles. The minimum atomic E-state index is -0.896. The number of para-hydroxylation sites is 1. The maximum absolute atomic E-state index is 12.7. The number of rotatable bonds is 0. The van der Waals surface area contributed by atoms with Gasteiger partial charge in [-0.3, -0.25) is 4.79 Å². The molecule has 3 aliphatic rings. The van der Waals surface area contributed by atoms with Crippen molar-refractivity contribution in [1.82, 2.24) is 5.32 Å². The summed E-state index contributed by atoms with van der Waals surface area (Å²) in [7, 11) is 0. The fourth-order valence-corrected chi connectivity index (χ4v) is 4.17. The van der Waals surface area contributed by atoms with Gasteiger partial charge in [0.25, 0.3) is 5.91 Å². The van der Waals surface area contributed by atoms with Crippen LogP contribution in [0, 0.1) is 17.2 Å². The Kier molecular flexibility index (Phi) is 2.48. The van der Waals surface area contributed by atoms with E-state index in [9.17, 15) is 10.1 Å². The zero-order chi connectivity index (χ0) is 14.6. The van der Waals surface area contributed by atoms with Gasteiger partial charge in [0.1, 0.15) is 5.92 Å². The third-order valence-electron chi connectivity index (χ3n) is 4.68. The van der Waals surface area contributed by atoms with Gasteiger partial charge in [-0.05, 0) is 36.5 Å². The molecule has 4 rings (SSSR count). The Morgan fingerprint density at radius 1 is 1.33 bits per heavy atom. The lowest BCUT2D eigenvalue weighted by molar-refractivity contribution is -0.120. The number of carbonyl (C=O) groups is 1. The monoisotopic (exact) mass is 295 g/mol. The smallest absolute Gasteiger partial charge is 0.259 e. The van der Waals surface area contributed by atoms with E-state index in [0.717, 1.165) is 41.7 Å². The molecule has 0 fully saturated rings. The summed E-state index contributed by atoms with van der Waals surface area (Å²) >= 11 is 5.39. The normalized spacial score (nSPS) is 29.8. The molecule has 1 aromatic rings. The van der Waals surface area contributed by atoms with Gasteiger partial charge in [-0.2, -0.15) is 5.26 Å². The Morgan fingerprint density at radius 3 is 2.95 bits per heavy atom. The highest BCUT2D eigenvalue weighted by Crippen LogP contribution is 2.50. The first-order valence-corrected chi connectivity index (χ1v) is 7.44. The Bertz CT molecular complexity index is 761. The first kappa shape index (κ1) is 12.5. The van der Waals surface area contributed by atoms with Crippen molar-refractivity contribution >= 4 is 28.8 Å². The molecule has 2 heterocycles. The highest BCUT2D eigenvalue weighted by molar-refractivity contribution is 7.80. The summed E-state index contributed by atoms with van der Waals surface area (Å²) in [5.74, 6) is -0.472. The molecule has 104 valence electrons. The van der Waals surface area contributed by atoms with Crippen molar-refractivity contribution in [3.63, 3.8) is 0 Å². The van der Waals surface area contributed by atoms with Crippen LogP contribution >= 0.6 is 12.2 Å². The van der Waals surface area contributed by atoms with Gasteiger partial charge in [0.05, 0.1) is 11.1 Å². The summed E-state index contributed by atoms with van der Waals surface area (Å²) in [5.41, 5.74) is 2.95. The number of anilines is 1. The number of benzene rings is 1. The summed E-state index contributed by atoms with van der Waals surface area (Å²) in [6.45, 7) is 0. The van der Waals surface area contributed by atoms with Gasteiger partial charge in [0, 0.05) is 11.3 Å². The van der Waals surface area contributed by atoms with Crippen molar-refractivity contribution in [1.29, 1.82) is 5.26 Å². The van der Waals surface area contributed by atoms with E-state index in [0.29, 0.717) is 4.99 Å². The molecular formula is C16H13N3OS. The molecule has 1 aromatic carbocycles. The predicted molar refractivity (Wildman–Crippen MR) is 82.5 cm³/mol. The molecule has 2 atom stereocenters. The van der Waals surface area contributed by atoms with E-state index in [2.05, 4.69) is 16.7 Å². The molecule has 4 nitrogen and oxygen atoms in total. The summed E-state index contributed by atoms with van der Waals surface area (Å²) in [6.07, 6.45) is 2.67. The number of nitrogens with zero attached hydrogens (tertiary/aromatic N) is 1. The van der Waals surface area contributed by atoms with Gasteiger partial charge in [0.15, 0.2) is 5.54 Å². The molecule has 1 spiro atoms. The van der Waals surface area contributed by atoms with Gasteiger partial charge >= 0.3 is 0 Å². The van der Waals surface area contributed by atoms with Crippen LogP contribution in [0.4, 0.5) is 5.69 Å². The first-order valence-electron chi connectivity index (χ1n) is 7.03. The molecular weight excluding hydrogens is 282 g/mol. The predicted octanol–water partition coefficient (Wildman–Crippen LogP) is 2.38. The van der Waals surface area contributed by atoms with Crippen LogP contribution in [-0.2, 0) is 10.3 Å². The van der Waals surface area contributed by atoms with E-state index >= 15 is 0 Å². The van der Waals surface area contributed by atoms with Crippen molar-refractivity contribution in [2.24, 2.45) is 5.92 Å². The molecule has 0 saturated heterocycles. The number of thiocarbonyl (C=S) groups is 1. The Balaban J connectivity index is 2.01. The maximum Gasteiger partial charge on any atom is 0.259 e. The number of hydrogen-bond acceptors (Lipinski definition) is 3. The summed E-state index contributed by atoms with van der Waals surface area (Å²) in [6, 6.07) is 9.97. The van der Waals surface area contributed by atoms with E-state index in [1.54, 1.807) is 0 Å². The Labute approximate surface area is 127 Å². The molecule has 0 bridgehead atoms. The quantitative estimate of drug-likeness (QED) is 0.570. The van der Waals surface area contributed by atoms with Crippen LogP contribution in [0.25, 0.3) is 0 Å². The molecule has 0 radical (unpaired) electrons. The zero-order valence-corrected chi connectivity index (χ0v) is 12.1. The van der Waals surface area contributed by atoms with E-state index in [4.69, 9.17) is 12.2 Å². The van der Waals surface area contributed by atoms with Crippen LogP contribution in [0.2, 0.25) is 0 Å². The lowest BCUT2D eigenvalue weighted by atomic mass is 9.76. The van der Waals surface area contributed by atoms with Crippen LogP contribution in [0.3, 0.4) is 0 Å². The Hall–Kier alpha value is -2.19. The number of carbonyl (C=O) groups excluding carboxylic acids is 1. The first-order chi connectivity index (χ1) is 10.2. The van der Waals surface area contributed by atoms with Crippen molar-refractivity contribution in [3.8, 4) is 6.07 Å². The SMILES string of the molecule is N#C[C@@H]1C(=S)N[C@]2(C(=O)Nc3ccccc32)C2=C1CCC2. The zero-order valence-electron chi connectivity index (χ0n) is 11.3. The Morgan fingerprint density at radius 2 is 2.14 bits per heavy atom. The molecule has 5 heteroatoms. The van der Waals surface area contributed by atoms with Gasteiger partial charge in [-0.25, -0.2) is 0 Å². The third-order valence-corrected chi connectivity index (χ3v) is 5.02. The van der Waals surface area contributed by atoms with E-state index in [1.165, 1.54) is 0 Å². The molecule has 2 N–H and O–H groups in total. The van der Waals surface area contributed by atoms with Crippen molar-refractivity contribution in [2.75, 3.05) is 5.32 Å². The van der Waals surface area contributed by atoms with Crippen LogP contribution in [0.15, 0.2) is 35.4 Å². The summed E-state index contributed by atoms with van der Waals surface area (Å²) < 4.78 is 0. The minimum Gasteiger partial charge on any atom is -0.357 e. The van der Waals surface area contributed by atoms with Crippen molar-refractivity contribution in [2.45, 2.75) is 24.8 Å². The highest BCUT2D eigenvalue weighted by atomic mass is 32.1. The van der Waals surface area contributed by atoms with Crippen LogP contribution in [-0.4, -0.2) is 10.9 Å². The maximum atomic E-state index is 12.7. The topological polar surface area (TPSA) is 64.9 Å². The average molecular weight is 295 g/mol. The fraction of sp³-hybridized carbons (Fsp3) is 0.312. The lowest BCUT2D eigenvalue weighted by Crippen LogP contribution is -2.56. The van der Waals surface area contributed by atoms with E-state index in [1.807, 2.05) is 24.3 Å². The van der Waals surface area contributed by atoms with E-state index < -0.39 is 5.54 Å². The van der Waals surface area contributed by atoms with E-state index in [-0.39, 0.29) is 11.8 Å². The van der Waals surface area contributed by atoms with Crippen molar-refractivity contribution in [3.05, 3.63) is 41.0 Å². The third kappa shape index (κ3) is 1.43. The number of hydrogen-bond donors (Lipinski definition) is 2. The number of nitriles is 1. The number of nitrogens with one attached hydrogen (secondary N) is 2. The van der Waals surface area contributed by atoms with Gasteiger partial charge in [-0.1, -0.05) is 30.4 Å². The van der Waals surface area contributed by atoms with Gasteiger partial charge in [-0.15, -0.1) is 0 Å².